The maximum absolute atomic E-state index is 12.1. The molecule has 1 aliphatic rings. The van der Waals surface area contributed by atoms with E-state index < -0.39 is 17.4 Å². The number of ether oxygens (including phenoxy) is 2. The van der Waals surface area contributed by atoms with Crippen LogP contribution in [0, 0.1) is 0 Å². The van der Waals surface area contributed by atoms with Crippen molar-refractivity contribution in [3.63, 3.8) is 0 Å². The lowest BCUT2D eigenvalue weighted by Gasteiger charge is -2.33. The Bertz CT molecular complexity index is 564. The third-order valence-electron chi connectivity index (χ3n) is 4.03. The van der Waals surface area contributed by atoms with Crippen molar-refractivity contribution >= 4 is 11.9 Å². The molecule has 1 aromatic rings. The highest BCUT2D eigenvalue weighted by Crippen LogP contribution is 2.22. The van der Waals surface area contributed by atoms with Crippen LogP contribution in [0.2, 0.25) is 0 Å². The average molecular weight is 321 g/mol. The zero-order valence-corrected chi connectivity index (χ0v) is 13.5. The molecule has 1 heterocycles. The number of nitrogens with one attached hydrogen (secondary N) is 1. The Balaban J connectivity index is 1.94. The monoisotopic (exact) mass is 321 g/mol. The Morgan fingerprint density at radius 3 is 2.65 bits per heavy atom. The molecule has 1 aliphatic heterocycles. The van der Waals surface area contributed by atoms with Crippen LogP contribution < -0.4 is 10.1 Å². The van der Waals surface area contributed by atoms with Crippen LogP contribution in [0.3, 0.4) is 0 Å². The van der Waals surface area contributed by atoms with Crippen molar-refractivity contribution in [2.75, 3.05) is 19.8 Å². The van der Waals surface area contributed by atoms with Gasteiger partial charge in [-0.15, -0.1) is 0 Å². The molecule has 0 unspecified atom stereocenters. The summed E-state index contributed by atoms with van der Waals surface area (Å²) >= 11 is 0. The number of carbonyl (C=O) groups excluding carboxylic acids is 1. The van der Waals surface area contributed by atoms with Gasteiger partial charge in [0.1, 0.15) is 11.3 Å². The van der Waals surface area contributed by atoms with Gasteiger partial charge in [-0.1, -0.05) is 26.0 Å². The Hall–Kier alpha value is -2.08. The van der Waals surface area contributed by atoms with E-state index in [1.165, 1.54) is 0 Å². The number of benzene rings is 1. The number of carboxylic acids is 1. The molecule has 2 N–H and O–H groups in total. The summed E-state index contributed by atoms with van der Waals surface area (Å²) in [7, 11) is 0. The average Bonchev–Trinajstić information content (AvgIpc) is 2.54. The summed E-state index contributed by atoms with van der Waals surface area (Å²) in [5.41, 5.74) is -0.132. The fraction of sp³-hybridized carbons (Fsp3) is 0.529. The number of amides is 1. The van der Waals surface area contributed by atoms with Crippen molar-refractivity contribution in [3.05, 3.63) is 29.8 Å². The third-order valence-corrected chi connectivity index (χ3v) is 4.03. The number of carbonyl (C=O) groups is 2. The zero-order valence-electron chi connectivity index (χ0n) is 13.5. The zero-order chi connectivity index (χ0) is 16.9. The Morgan fingerprint density at radius 2 is 2.04 bits per heavy atom. The van der Waals surface area contributed by atoms with E-state index in [0.29, 0.717) is 24.9 Å². The van der Waals surface area contributed by atoms with Gasteiger partial charge in [0.15, 0.2) is 6.61 Å². The summed E-state index contributed by atoms with van der Waals surface area (Å²) in [5.74, 6) is -0.507. The van der Waals surface area contributed by atoms with E-state index in [2.05, 4.69) is 19.2 Å². The van der Waals surface area contributed by atoms with Crippen molar-refractivity contribution in [2.45, 2.75) is 38.1 Å². The van der Waals surface area contributed by atoms with Crippen LogP contribution in [0.4, 0.5) is 0 Å². The number of carboxylic acid groups (broad SMARTS) is 1. The van der Waals surface area contributed by atoms with Crippen LogP contribution >= 0.6 is 0 Å². The van der Waals surface area contributed by atoms with E-state index in [1.54, 1.807) is 6.07 Å². The molecule has 6 nitrogen and oxygen atoms in total. The van der Waals surface area contributed by atoms with Crippen molar-refractivity contribution < 1.29 is 24.2 Å². The first kappa shape index (κ1) is 17.3. The maximum atomic E-state index is 12.1. The Morgan fingerprint density at radius 1 is 1.35 bits per heavy atom. The van der Waals surface area contributed by atoms with E-state index in [-0.39, 0.29) is 19.4 Å². The third kappa shape index (κ3) is 4.45. The quantitative estimate of drug-likeness (QED) is 0.836. The Labute approximate surface area is 135 Å². The predicted octanol–water partition coefficient (Wildman–Crippen LogP) is 1.94. The van der Waals surface area contributed by atoms with Crippen LogP contribution in [-0.4, -0.2) is 42.3 Å². The lowest BCUT2D eigenvalue weighted by atomic mass is 9.90. The first-order valence-corrected chi connectivity index (χ1v) is 7.78. The maximum Gasteiger partial charge on any atom is 0.329 e. The Kier molecular flexibility index (Phi) is 5.60. The largest absolute Gasteiger partial charge is 0.484 e. The summed E-state index contributed by atoms with van der Waals surface area (Å²) in [6, 6.07) is 7.54. The highest BCUT2D eigenvalue weighted by atomic mass is 16.5. The fourth-order valence-corrected chi connectivity index (χ4v) is 2.53. The van der Waals surface area contributed by atoms with Crippen LogP contribution in [0.5, 0.6) is 5.75 Å². The molecule has 0 atom stereocenters. The van der Waals surface area contributed by atoms with E-state index in [1.807, 2.05) is 18.2 Å². The van der Waals surface area contributed by atoms with Gasteiger partial charge < -0.3 is 19.9 Å². The summed E-state index contributed by atoms with van der Waals surface area (Å²) in [4.78, 5) is 23.6. The summed E-state index contributed by atoms with van der Waals surface area (Å²) in [5, 5.41) is 12.0. The minimum Gasteiger partial charge on any atom is -0.484 e. The molecule has 1 fully saturated rings. The van der Waals surface area contributed by atoms with Gasteiger partial charge in [0.25, 0.3) is 5.91 Å². The SMILES string of the molecule is CC(C)c1cccc(OCC(=O)NC2(C(=O)O)CCOCC2)c1. The smallest absolute Gasteiger partial charge is 0.329 e. The van der Waals surface area contributed by atoms with Gasteiger partial charge in [-0.25, -0.2) is 4.79 Å². The molecule has 6 heteroatoms. The molecular weight excluding hydrogens is 298 g/mol. The lowest BCUT2D eigenvalue weighted by molar-refractivity contribution is -0.152. The van der Waals surface area contributed by atoms with Crippen LogP contribution in [0.1, 0.15) is 38.2 Å². The molecule has 1 aromatic carbocycles. The molecule has 0 aromatic heterocycles. The number of rotatable bonds is 6. The second-order valence-corrected chi connectivity index (χ2v) is 6.06. The summed E-state index contributed by atoms with van der Waals surface area (Å²) in [6.45, 7) is 4.59. The number of aliphatic carboxylic acids is 1. The van der Waals surface area contributed by atoms with E-state index >= 15 is 0 Å². The first-order chi connectivity index (χ1) is 10.9. The normalized spacial score (nSPS) is 16.8. The lowest BCUT2D eigenvalue weighted by Crippen LogP contribution is -2.58. The molecule has 0 bridgehead atoms. The molecule has 1 saturated heterocycles. The van der Waals surface area contributed by atoms with Crippen LogP contribution in [-0.2, 0) is 14.3 Å². The first-order valence-electron chi connectivity index (χ1n) is 7.78. The van der Waals surface area contributed by atoms with E-state index in [0.717, 1.165) is 5.56 Å². The molecule has 0 saturated carbocycles. The molecule has 1 amide bonds. The number of hydrogen-bond donors (Lipinski definition) is 2. The molecule has 0 spiro atoms. The summed E-state index contributed by atoms with van der Waals surface area (Å²) in [6.07, 6.45) is 0.522. The fourth-order valence-electron chi connectivity index (χ4n) is 2.53. The molecule has 23 heavy (non-hydrogen) atoms. The van der Waals surface area contributed by atoms with Gasteiger partial charge in [0, 0.05) is 26.1 Å². The van der Waals surface area contributed by atoms with Gasteiger partial charge in [-0.3, -0.25) is 4.79 Å². The molecule has 126 valence electrons. The minimum atomic E-state index is -1.25. The second kappa shape index (κ2) is 7.46. The summed E-state index contributed by atoms with van der Waals surface area (Å²) < 4.78 is 10.7. The highest BCUT2D eigenvalue weighted by Gasteiger charge is 2.41. The predicted molar refractivity (Wildman–Crippen MR) is 84.6 cm³/mol. The van der Waals surface area contributed by atoms with Crippen LogP contribution in [0.25, 0.3) is 0 Å². The van der Waals surface area contributed by atoms with E-state index in [9.17, 15) is 14.7 Å². The topological polar surface area (TPSA) is 84.9 Å². The second-order valence-electron chi connectivity index (χ2n) is 6.06. The van der Waals surface area contributed by atoms with Gasteiger partial charge in [0.05, 0.1) is 0 Å². The molecule has 2 rings (SSSR count). The van der Waals surface area contributed by atoms with Gasteiger partial charge >= 0.3 is 5.97 Å². The van der Waals surface area contributed by atoms with Crippen molar-refractivity contribution in [2.24, 2.45) is 0 Å². The molecular formula is C17H23NO5. The van der Waals surface area contributed by atoms with Crippen LogP contribution in [0.15, 0.2) is 24.3 Å². The van der Waals surface area contributed by atoms with Crippen molar-refractivity contribution in [1.29, 1.82) is 0 Å². The van der Waals surface area contributed by atoms with E-state index in [4.69, 9.17) is 9.47 Å². The number of hydrogen-bond acceptors (Lipinski definition) is 4. The van der Waals surface area contributed by atoms with Crippen molar-refractivity contribution in [1.82, 2.24) is 5.32 Å². The minimum absolute atomic E-state index is 0.211. The van der Waals surface area contributed by atoms with Gasteiger partial charge in [0.2, 0.25) is 0 Å². The standard InChI is InChI=1S/C17H23NO5/c1-12(2)13-4-3-5-14(10-13)23-11-15(19)18-17(16(20)21)6-8-22-9-7-17/h3-5,10,12H,6-9,11H2,1-2H3,(H,18,19)(H,20,21). The van der Waals surface area contributed by atoms with Crippen molar-refractivity contribution in [3.8, 4) is 5.75 Å². The highest BCUT2D eigenvalue weighted by molar-refractivity contribution is 5.87. The molecule has 0 radical (unpaired) electrons. The molecule has 0 aliphatic carbocycles. The van der Waals surface area contributed by atoms with Gasteiger partial charge in [-0.05, 0) is 23.6 Å². The van der Waals surface area contributed by atoms with Gasteiger partial charge in [-0.2, -0.15) is 0 Å².